The fourth-order valence-corrected chi connectivity index (χ4v) is 2.15. The number of halogens is 4. The highest BCUT2D eigenvalue weighted by Gasteiger charge is 2.31. The number of methoxy groups -OCH3 is 1. The molecule has 0 fully saturated rings. The van der Waals surface area contributed by atoms with Gasteiger partial charge < -0.3 is 9.47 Å². The van der Waals surface area contributed by atoms with Crippen molar-refractivity contribution in [2.24, 2.45) is 0 Å². The number of ether oxygens (including phenoxy) is 2. The van der Waals surface area contributed by atoms with Crippen LogP contribution in [0.25, 0.3) is 11.3 Å². The van der Waals surface area contributed by atoms with Crippen LogP contribution in [0.4, 0.5) is 13.2 Å². The van der Waals surface area contributed by atoms with Crippen LogP contribution in [-0.4, -0.2) is 18.5 Å². The normalized spacial score (nSPS) is 11.3. The van der Waals surface area contributed by atoms with Gasteiger partial charge in [-0.3, -0.25) is 0 Å². The van der Waals surface area contributed by atoms with E-state index in [9.17, 15) is 13.2 Å². The topological polar surface area (TPSA) is 31.4 Å². The van der Waals surface area contributed by atoms with Gasteiger partial charge in [0.1, 0.15) is 16.1 Å². The first-order valence-corrected chi connectivity index (χ1v) is 6.67. The third-order valence-electron chi connectivity index (χ3n) is 2.72. The van der Waals surface area contributed by atoms with Crippen LogP contribution in [-0.2, 0) is 0 Å². The molecule has 0 aliphatic rings. The second-order valence-corrected chi connectivity index (χ2v) is 5.02. The molecule has 1 aromatic heterocycles. The van der Waals surface area contributed by atoms with E-state index in [0.29, 0.717) is 15.9 Å². The van der Waals surface area contributed by atoms with Crippen LogP contribution in [0.15, 0.2) is 34.9 Å². The maximum absolute atomic E-state index is 12.2. The van der Waals surface area contributed by atoms with E-state index in [4.69, 9.17) is 4.74 Å². The van der Waals surface area contributed by atoms with Gasteiger partial charge in [-0.1, -0.05) is 6.07 Å². The van der Waals surface area contributed by atoms with Gasteiger partial charge in [0, 0.05) is 11.6 Å². The Morgan fingerprint density at radius 1 is 1.14 bits per heavy atom. The zero-order valence-corrected chi connectivity index (χ0v) is 12.7. The van der Waals surface area contributed by atoms with E-state index in [1.54, 1.807) is 6.07 Å². The largest absolute Gasteiger partial charge is 0.573 e. The zero-order valence-electron chi connectivity index (χ0n) is 11.2. The van der Waals surface area contributed by atoms with Gasteiger partial charge in [-0.2, -0.15) is 0 Å². The van der Waals surface area contributed by atoms with E-state index >= 15 is 0 Å². The Hall–Kier alpha value is -1.76. The standard InChI is InChI=1S/C14H11BrF3NO2/c1-8-3-6-12(15)19-13(8)10-5-4-9(7-11(10)20-2)21-14(16,17)18/h3-7H,1-2H3. The lowest BCUT2D eigenvalue weighted by Crippen LogP contribution is -2.17. The zero-order chi connectivity index (χ0) is 15.6. The minimum absolute atomic E-state index is 0.255. The summed E-state index contributed by atoms with van der Waals surface area (Å²) in [6, 6.07) is 7.54. The molecule has 1 aromatic carbocycles. The fraction of sp³-hybridized carbons (Fsp3) is 0.214. The van der Waals surface area contributed by atoms with Gasteiger partial charge >= 0.3 is 6.36 Å². The smallest absolute Gasteiger partial charge is 0.496 e. The van der Waals surface area contributed by atoms with Gasteiger partial charge in [0.25, 0.3) is 0 Å². The summed E-state index contributed by atoms with van der Waals surface area (Å²) in [5, 5.41) is 0. The van der Waals surface area contributed by atoms with Gasteiger partial charge in [-0.15, -0.1) is 13.2 Å². The first-order valence-electron chi connectivity index (χ1n) is 5.87. The molecule has 2 rings (SSSR count). The van der Waals surface area contributed by atoms with Gasteiger partial charge in [0.05, 0.1) is 12.8 Å². The van der Waals surface area contributed by atoms with Crippen LogP contribution < -0.4 is 9.47 Å². The highest BCUT2D eigenvalue weighted by Crippen LogP contribution is 2.36. The molecule has 3 nitrogen and oxygen atoms in total. The molecule has 1 heterocycles. The molecule has 0 aliphatic heterocycles. The maximum atomic E-state index is 12.2. The summed E-state index contributed by atoms with van der Waals surface area (Å²) >= 11 is 3.27. The number of alkyl halides is 3. The Kier molecular flexibility index (Phi) is 4.41. The Morgan fingerprint density at radius 2 is 1.86 bits per heavy atom. The second-order valence-electron chi connectivity index (χ2n) is 4.21. The molecule has 0 atom stereocenters. The predicted molar refractivity (Wildman–Crippen MR) is 75.3 cm³/mol. The Bertz CT molecular complexity index is 659. The predicted octanol–water partition coefficient (Wildman–Crippen LogP) is 4.73. The first-order chi connectivity index (χ1) is 9.80. The average molecular weight is 362 g/mol. The molecular formula is C14H11BrF3NO2. The van der Waals surface area contributed by atoms with Crippen LogP contribution in [0.2, 0.25) is 0 Å². The third kappa shape index (κ3) is 3.87. The van der Waals surface area contributed by atoms with E-state index in [2.05, 4.69) is 25.7 Å². The molecule has 0 amide bonds. The molecule has 112 valence electrons. The highest BCUT2D eigenvalue weighted by molar-refractivity contribution is 9.10. The lowest BCUT2D eigenvalue weighted by molar-refractivity contribution is -0.274. The van der Waals surface area contributed by atoms with Gasteiger partial charge in [-0.05, 0) is 46.6 Å². The van der Waals surface area contributed by atoms with Crippen molar-refractivity contribution in [2.75, 3.05) is 7.11 Å². The van der Waals surface area contributed by atoms with Gasteiger partial charge in [0.15, 0.2) is 0 Å². The van der Waals surface area contributed by atoms with Crippen LogP contribution in [0, 0.1) is 6.92 Å². The van der Waals surface area contributed by atoms with E-state index in [1.165, 1.54) is 25.3 Å². The quantitative estimate of drug-likeness (QED) is 0.740. The summed E-state index contributed by atoms with van der Waals surface area (Å²) in [6.45, 7) is 1.86. The number of pyridine rings is 1. The number of hydrogen-bond acceptors (Lipinski definition) is 3. The highest BCUT2D eigenvalue weighted by atomic mass is 79.9. The molecule has 0 saturated heterocycles. The fourth-order valence-electron chi connectivity index (χ4n) is 1.84. The minimum atomic E-state index is -4.74. The van der Waals surface area contributed by atoms with Crippen molar-refractivity contribution >= 4 is 15.9 Å². The molecule has 7 heteroatoms. The van der Waals surface area contributed by atoms with Crippen molar-refractivity contribution in [1.29, 1.82) is 0 Å². The van der Waals surface area contributed by atoms with Crippen LogP contribution >= 0.6 is 15.9 Å². The molecule has 0 bridgehead atoms. The average Bonchev–Trinajstić information content (AvgIpc) is 2.40. The van der Waals surface area contributed by atoms with Crippen LogP contribution in [0.5, 0.6) is 11.5 Å². The molecule has 0 N–H and O–H groups in total. The van der Waals surface area contributed by atoms with Crippen molar-refractivity contribution in [3.8, 4) is 22.8 Å². The van der Waals surface area contributed by atoms with Gasteiger partial charge in [0.2, 0.25) is 0 Å². The number of nitrogens with zero attached hydrogens (tertiary/aromatic N) is 1. The molecule has 2 aromatic rings. The maximum Gasteiger partial charge on any atom is 0.573 e. The van der Waals surface area contributed by atoms with Crippen molar-refractivity contribution in [3.63, 3.8) is 0 Å². The number of hydrogen-bond donors (Lipinski definition) is 0. The number of rotatable bonds is 3. The minimum Gasteiger partial charge on any atom is -0.496 e. The van der Waals surface area contributed by atoms with Crippen molar-refractivity contribution < 1.29 is 22.6 Å². The van der Waals surface area contributed by atoms with E-state index in [0.717, 1.165) is 5.56 Å². The summed E-state index contributed by atoms with van der Waals surface area (Å²) in [4.78, 5) is 4.33. The number of aromatic nitrogens is 1. The lowest BCUT2D eigenvalue weighted by atomic mass is 10.1. The molecular weight excluding hydrogens is 351 g/mol. The third-order valence-corrected chi connectivity index (χ3v) is 3.17. The molecule has 0 saturated carbocycles. The summed E-state index contributed by atoms with van der Waals surface area (Å²) in [7, 11) is 1.38. The summed E-state index contributed by atoms with van der Waals surface area (Å²) in [5.41, 5.74) is 2.09. The van der Waals surface area contributed by atoms with Crippen LogP contribution in [0.1, 0.15) is 5.56 Å². The number of aryl methyl sites for hydroxylation is 1. The lowest BCUT2D eigenvalue weighted by Gasteiger charge is -2.14. The summed E-state index contributed by atoms with van der Waals surface area (Å²) < 4.78 is 46.4. The molecule has 0 radical (unpaired) electrons. The van der Waals surface area contributed by atoms with Crippen LogP contribution in [0.3, 0.4) is 0 Å². The van der Waals surface area contributed by atoms with Crippen molar-refractivity contribution in [3.05, 3.63) is 40.5 Å². The Balaban J connectivity index is 2.48. The first kappa shape index (κ1) is 15.6. The van der Waals surface area contributed by atoms with E-state index in [1.807, 2.05) is 13.0 Å². The molecule has 0 spiro atoms. The van der Waals surface area contributed by atoms with Crippen molar-refractivity contribution in [1.82, 2.24) is 4.98 Å². The van der Waals surface area contributed by atoms with E-state index < -0.39 is 6.36 Å². The molecule has 0 aliphatic carbocycles. The monoisotopic (exact) mass is 361 g/mol. The number of benzene rings is 1. The molecule has 0 unspecified atom stereocenters. The summed E-state index contributed by atoms with van der Waals surface area (Å²) in [6.07, 6.45) is -4.74. The summed E-state index contributed by atoms with van der Waals surface area (Å²) in [5.74, 6) is -0.0822. The van der Waals surface area contributed by atoms with Gasteiger partial charge in [-0.25, -0.2) is 4.98 Å². The van der Waals surface area contributed by atoms with Crippen molar-refractivity contribution in [2.45, 2.75) is 13.3 Å². The molecule has 21 heavy (non-hydrogen) atoms. The second kappa shape index (κ2) is 5.93. The van der Waals surface area contributed by atoms with E-state index in [-0.39, 0.29) is 11.5 Å². The SMILES string of the molecule is COc1cc(OC(F)(F)F)ccc1-c1nc(Br)ccc1C. The Morgan fingerprint density at radius 3 is 2.48 bits per heavy atom. The Labute approximate surface area is 127 Å².